The van der Waals surface area contributed by atoms with Crippen molar-refractivity contribution >= 4 is 29.1 Å². The summed E-state index contributed by atoms with van der Waals surface area (Å²) in [7, 11) is 0. The summed E-state index contributed by atoms with van der Waals surface area (Å²) in [4.78, 5) is 25.8. The topological polar surface area (TPSA) is 75.4 Å². The molecule has 1 aromatic carbocycles. The summed E-state index contributed by atoms with van der Waals surface area (Å²) in [5.41, 5.74) is 6.72. The van der Waals surface area contributed by atoms with Crippen molar-refractivity contribution in [2.24, 2.45) is 5.92 Å². The molecule has 21 heavy (non-hydrogen) atoms. The minimum Gasteiger partial charge on any atom is -0.399 e. The van der Waals surface area contributed by atoms with Gasteiger partial charge in [-0.3, -0.25) is 9.59 Å². The van der Waals surface area contributed by atoms with Gasteiger partial charge in [-0.2, -0.15) is 0 Å². The molecule has 2 fully saturated rings. The third-order valence-corrected chi connectivity index (χ3v) is 4.66. The van der Waals surface area contributed by atoms with Crippen molar-refractivity contribution in [1.82, 2.24) is 10.2 Å². The van der Waals surface area contributed by atoms with E-state index in [0.29, 0.717) is 41.7 Å². The number of fused-ring (bicyclic) bond motifs is 1. The highest BCUT2D eigenvalue weighted by Gasteiger charge is 2.35. The van der Waals surface area contributed by atoms with Gasteiger partial charge in [0.25, 0.3) is 5.91 Å². The van der Waals surface area contributed by atoms with Crippen LogP contribution in [-0.4, -0.2) is 35.8 Å². The van der Waals surface area contributed by atoms with E-state index in [1.54, 1.807) is 18.2 Å². The van der Waals surface area contributed by atoms with Crippen LogP contribution < -0.4 is 11.1 Å². The van der Waals surface area contributed by atoms with E-state index in [0.717, 1.165) is 12.8 Å². The molecule has 1 aromatic rings. The fourth-order valence-corrected chi connectivity index (χ4v) is 3.37. The Bertz CT molecular complexity index is 590. The maximum absolute atomic E-state index is 12.6. The van der Waals surface area contributed by atoms with Gasteiger partial charge in [-0.15, -0.1) is 0 Å². The van der Waals surface area contributed by atoms with Crippen molar-refractivity contribution in [3.05, 3.63) is 28.8 Å². The van der Waals surface area contributed by atoms with Gasteiger partial charge in [0.1, 0.15) is 0 Å². The molecule has 6 heteroatoms. The Morgan fingerprint density at radius 2 is 2.19 bits per heavy atom. The molecule has 5 nitrogen and oxygen atoms in total. The Balaban J connectivity index is 1.74. The zero-order valence-electron chi connectivity index (χ0n) is 11.6. The molecule has 0 spiro atoms. The molecule has 3 N–H and O–H groups in total. The van der Waals surface area contributed by atoms with Gasteiger partial charge in [0, 0.05) is 31.2 Å². The Labute approximate surface area is 128 Å². The minimum absolute atomic E-state index is 0.0809. The number of nitrogens with two attached hydrogens (primary N) is 1. The lowest BCUT2D eigenvalue weighted by Crippen LogP contribution is -2.55. The predicted molar refractivity (Wildman–Crippen MR) is 81.0 cm³/mol. The third-order valence-electron chi connectivity index (χ3n) is 4.33. The van der Waals surface area contributed by atoms with Gasteiger partial charge in [0.05, 0.1) is 10.6 Å². The van der Waals surface area contributed by atoms with E-state index in [4.69, 9.17) is 17.3 Å². The Kier molecular flexibility index (Phi) is 3.76. The number of rotatable bonds is 1. The summed E-state index contributed by atoms with van der Waals surface area (Å²) in [6, 6.07) is 5.16. The minimum atomic E-state index is -0.0809. The molecule has 0 radical (unpaired) electrons. The number of benzene rings is 1. The monoisotopic (exact) mass is 307 g/mol. The van der Waals surface area contributed by atoms with E-state index in [2.05, 4.69) is 5.32 Å². The molecule has 2 heterocycles. The molecule has 2 amide bonds. The summed E-state index contributed by atoms with van der Waals surface area (Å²) in [5, 5.41) is 3.44. The van der Waals surface area contributed by atoms with Crippen molar-refractivity contribution in [2.75, 3.05) is 18.8 Å². The van der Waals surface area contributed by atoms with Crippen molar-refractivity contribution in [1.29, 1.82) is 0 Å². The molecule has 2 saturated heterocycles. The second-order valence-corrected chi connectivity index (χ2v) is 6.16. The van der Waals surface area contributed by atoms with Crippen molar-refractivity contribution in [3.8, 4) is 0 Å². The number of nitrogens with zero attached hydrogens (tertiary/aromatic N) is 1. The van der Waals surface area contributed by atoms with E-state index >= 15 is 0 Å². The smallest absolute Gasteiger partial charge is 0.255 e. The molecule has 0 saturated carbocycles. The molecule has 112 valence electrons. The summed E-state index contributed by atoms with van der Waals surface area (Å²) in [6.07, 6.45) is 2.18. The van der Waals surface area contributed by atoms with Crippen LogP contribution in [0.2, 0.25) is 5.02 Å². The number of anilines is 1. The zero-order valence-corrected chi connectivity index (χ0v) is 12.4. The molecule has 3 rings (SSSR count). The molecule has 0 aliphatic carbocycles. The number of hydrogen-bond acceptors (Lipinski definition) is 3. The molecule has 0 bridgehead atoms. The van der Waals surface area contributed by atoms with E-state index in [1.807, 2.05) is 4.90 Å². The SMILES string of the molecule is Nc1ccc(Cl)c(C(=O)N2CCC3NC(=O)CCC3C2)c1. The van der Waals surface area contributed by atoms with E-state index in [-0.39, 0.29) is 17.9 Å². The largest absolute Gasteiger partial charge is 0.399 e. The third kappa shape index (κ3) is 2.83. The molecule has 2 aliphatic heterocycles. The average molecular weight is 308 g/mol. The lowest BCUT2D eigenvalue weighted by molar-refractivity contribution is -0.125. The second-order valence-electron chi connectivity index (χ2n) is 5.75. The summed E-state index contributed by atoms with van der Waals surface area (Å²) in [5.74, 6) is 0.373. The first-order valence-corrected chi connectivity index (χ1v) is 7.56. The standard InChI is InChI=1S/C15H18ClN3O2/c16-12-3-2-10(17)7-11(12)15(21)19-6-5-13-9(8-19)1-4-14(20)18-13/h2-3,7,9,13H,1,4-6,8,17H2,(H,18,20). The fourth-order valence-electron chi connectivity index (χ4n) is 3.17. The molecular formula is C15H18ClN3O2. The van der Waals surface area contributed by atoms with E-state index in [9.17, 15) is 9.59 Å². The first-order chi connectivity index (χ1) is 10.0. The normalized spacial score (nSPS) is 25.2. The number of piperidine rings is 2. The Morgan fingerprint density at radius 3 is 3.00 bits per heavy atom. The van der Waals surface area contributed by atoms with Crippen LogP contribution in [0.1, 0.15) is 29.6 Å². The van der Waals surface area contributed by atoms with Crippen molar-refractivity contribution in [2.45, 2.75) is 25.3 Å². The van der Waals surface area contributed by atoms with Crippen LogP contribution in [0.3, 0.4) is 0 Å². The number of hydrogen-bond donors (Lipinski definition) is 2. The van der Waals surface area contributed by atoms with Crippen LogP contribution in [0.15, 0.2) is 18.2 Å². The van der Waals surface area contributed by atoms with E-state index in [1.165, 1.54) is 0 Å². The average Bonchev–Trinajstić information content (AvgIpc) is 2.48. The summed E-state index contributed by atoms with van der Waals surface area (Å²) < 4.78 is 0. The molecule has 2 atom stereocenters. The highest BCUT2D eigenvalue weighted by molar-refractivity contribution is 6.34. The number of halogens is 1. The van der Waals surface area contributed by atoms with Crippen LogP contribution in [0.4, 0.5) is 5.69 Å². The number of likely N-dealkylation sites (tertiary alicyclic amines) is 1. The number of amides is 2. The lowest BCUT2D eigenvalue weighted by Gasteiger charge is -2.41. The number of carbonyl (C=O) groups is 2. The van der Waals surface area contributed by atoms with Gasteiger partial charge in [-0.1, -0.05) is 11.6 Å². The first kappa shape index (κ1) is 14.2. The van der Waals surface area contributed by atoms with Crippen LogP contribution in [-0.2, 0) is 4.79 Å². The van der Waals surface area contributed by atoms with Crippen molar-refractivity contribution in [3.63, 3.8) is 0 Å². The van der Waals surface area contributed by atoms with Gasteiger partial charge < -0.3 is 16.0 Å². The fraction of sp³-hybridized carbons (Fsp3) is 0.467. The number of carbonyl (C=O) groups excluding carboxylic acids is 2. The van der Waals surface area contributed by atoms with Crippen molar-refractivity contribution < 1.29 is 9.59 Å². The molecule has 0 aromatic heterocycles. The van der Waals surface area contributed by atoms with Crippen LogP contribution in [0.5, 0.6) is 0 Å². The highest BCUT2D eigenvalue weighted by Crippen LogP contribution is 2.28. The Hall–Kier alpha value is -1.75. The number of nitrogens with one attached hydrogen (secondary N) is 1. The predicted octanol–water partition coefficient (Wildman–Crippen LogP) is 1.66. The van der Waals surface area contributed by atoms with Gasteiger partial charge in [0.2, 0.25) is 5.91 Å². The highest BCUT2D eigenvalue weighted by atomic mass is 35.5. The maximum Gasteiger partial charge on any atom is 0.255 e. The molecular weight excluding hydrogens is 290 g/mol. The van der Waals surface area contributed by atoms with Gasteiger partial charge >= 0.3 is 0 Å². The van der Waals surface area contributed by atoms with Gasteiger partial charge in [0.15, 0.2) is 0 Å². The summed E-state index contributed by atoms with van der Waals surface area (Å²) >= 11 is 6.11. The lowest BCUT2D eigenvalue weighted by atomic mass is 9.85. The summed E-state index contributed by atoms with van der Waals surface area (Å²) in [6.45, 7) is 1.29. The van der Waals surface area contributed by atoms with Crippen LogP contribution in [0.25, 0.3) is 0 Å². The quantitative estimate of drug-likeness (QED) is 0.775. The molecule has 2 unspecified atom stereocenters. The van der Waals surface area contributed by atoms with E-state index < -0.39 is 0 Å². The van der Waals surface area contributed by atoms with Gasteiger partial charge in [-0.25, -0.2) is 0 Å². The Morgan fingerprint density at radius 1 is 1.38 bits per heavy atom. The van der Waals surface area contributed by atoms with Crippen LogP contribution in [0, 0.1) is 5.92 Å². The van der Waals surface area contributed by atoms with Crippen LogP contribution >= 0.6 is 11.6 Å². The zero-order chi connectivity index (χ0) is 15.0. The number of nitrogen functional groups attached to an aromatic ring is 1. The molecule has 2 aliphatic rings. The van der Waals surface area contributed by atoms with Gasteiger partial charge in [-0.05, 0) is 37.0 Å². The maximum atomic E-state index is 12.6. The second kappa shape index (κ2) is 5.56. The first-order valence-electron chi connectivity index (χ1n) is 7.18.